The molecule has 1 aromatic heterocycles. The van der Waals surface area contributed by atoms with Crippen molar-refractivity contribution in [2.45, 2.75) is 9.79 Å². The second-order valence-corrected chi connectivity index (χ2v) is 17.8. The maximum Gasteiger partial charge on any atom is 0.249 e. The van der Waals surface area contributed by atoms with Crippen LogP contribution in [0, 0.1) is 0 Å². The molecule has 10 aromatic rings. The molecule has 13 rings (SSSR count). The Labute approximate surface area is 383 Å². The molecule has 0 N–H and O–H groups in total. The lowest BCUT2D eigenvalue weighted by Gasteiger charge is -2.46. The predicted octanol–water partition coefficient (Wildman–Crippen LogP) is 9.94. The summed E-state index contributed by atoms with van der Waals surface area (Å²) in [6.07, 6.45) is 0. The van der Waals surface area contributed by atoms with Crippen LogP contribution >= 0.6 is 11.8 Å². The standard InChI is InChI=1S/C57H37B2N5S/c1-5-19-38(20-6-1)55-60-56(39-21-7-2-8-22-39)62-57(61-55)40-33-35-43(36-34-40)63-47-30-16-13-27-44(47)58(41-23-9-3-10-24-41)52-49(63)37-51-53-54(52)64(42-25-11-4-12-26-42)48-31-17-14-28-45(48)59(53)46-29-15-18-32-50(46)65-51/h1-37H. The van der Waals surface area contributed by atoms with Gasteiger partial charge in [0.1, 0.15) is 0 Å². The van der Waals surface area contributed by atoms with Crippen LogP contribution in [0.5, 0.6) is 0 Å². The molecule has 0 bridgehead atoms. The summed E-state index contributed by atoms with van der Waals surface area (Å²) in [6.45, 7) is 0.0257. The van der Waals surface area contributed by atoms with Crippen molar-refractivity contribution >= 4 is 92.1 Å². The largest absolute Gasteiger partial charge is 0.312 e. The lowest BCUT2D eigenvalue weighted by Crippen LogP contribution is -2.65. The molecule has 302 valence electrons. The number of hydrogen-bond acceptors (Lipinski definition) is 6. The molecule has 0 fully saturated rings. The van der Waals surface area contributed by atoms with Crippen molar-refractivity contribution in [2.75, 3.05) is 9.80 Å². The molecule has 3 aliphatic rings. The number of aromatic nitrogens is 3. The van der Waals surface area contributed by atoms with E-state index in [-0.39, 0.29) is 13.4 Å². The van der Waals surface area contributed by atoms with Gasteiger partial charge in [-0.2, -0.15) is 0 Å². The van der Waals surface area contributed by atoms with Crippen LogP contribution in [0.1, 0.15) is 0 Å². The van der Waals surface area contributed by atoms with E-state index in [0.717, 1.165) is 33.8 Å². The third kappa shape index (κ3) is 6.16. The van der Waals surface area contributed by atoms with Gasteiger partial charge in [0.05, 0.1) is 0 Å². The number of anilines is 6. The molecular formula is C57H37B2N5S. The van der Waals surface area contributed by atoms with E-state index in [4.69, 9.17) is 15.0 Å². The van der Waals surface area contributed by atoms with Gasteiger partial charge in [0, 0.05) is 60.6 Å². The summed E-state index contributed by atoms with van der Waals surface area (Å²) in [5, 5.41) is 0. The van der Waals surface area contributed by atoms with Crippen LogP contribution in [-0.4, -0.2) is 28.4 Å². The zero-order chi connectivity index (χ0) is 42.8. The van der Waals surface area contributed by atoms with E-state index in [1.807, 2.05) is 72.4 Å². The van der Waals surface area contributed by atoms with Crippen LogP contribution < -0.4 is 42.6 Å². The molecule has 9 aromatic carbocycles. The van der Waals surface area contributed by atoms with Gasteiger partial charge in [-0.3, -0.25) is 0 Å². The Bertz CT molecular complexity index is 3370. The lowest BCUT2D eigenvalue weighted by atomic mass is 9.31. The van der Waals surface area contributed by atoms with Crippen molar-refractivity contribution in [3.8, 4) is 34.2 Å². The predicted molar refractivity (Wildman–Crippen MR) is 272 cm³/mol. The van der Waals surface area contributed by atoms with E-state index in [1.165, 1.54) is 59.6 Å². The van der Waals surface area contributed by atoms with Crippen LogP contribution in [0.3, 0.4) is 0 Å². The number of benzene rings is 9. The molecule has 0 radical (unpaired) electrons. The third-order valence-corrected chi connectivity index (χ3v) is 14.2. The molecule has 8 heteroatoms. The molecule has 5 nitrogen and oxygen atoms in total. The molecular weight excluding hydrogens is 808 g/mol. The first-order chi connectivity index (χ1) is 32.3. The van der Waals surface area contributed by atoms with E-state index in [2.05, 4.69) is 174 Å². The van der Waals surface area contributed by atoms with Crippen molar-refractivity contribution in [3.05, 3.63) is 224 Å². The second-order valence-electron chi connectivity index (χ2n) is 16.7. The van der Waals surface area contributed by atoms with Gasteiger partial charge in [-0.1, -0.05) is 186 Å². The SMILES string of the molecule is c1ccc(B2c3ccccc3N(c3ccc(-c4nc(-c5ccccc5)nc(-c5ccccc5)n4)cc3)c3cc4c5c(c32)N(c2ccccc2)c2ccccc2B5c2ccccc2S4)cc1. The molecule has 4 heterocycles. The van der Waals surface area contributed by atoms with Crippen molar-refractivity contribution < 1.29 is 0 Å². The van der Waals surface area contributed by atoms with Crippen LogP contribution in [0.25, 0.3) is 34.2 Å². The number of para-hydroxylation sites is 3. The second kappa shape index (κ2) is 15.4. The lowest BCUT2D eigenvalue weighted by molar-refractivity contribution is 1.07. The summed E-state index contributed by atoms with van der Waals surface area (Å²) in [4.78, 5) is 22.7. The Hall–Kier alpha value is -7.93. The number of nitrogens with zero attached hydrogens (tertiary/aromatic N) is 5. The molecule has 0 saturated carbocycles. The zero-order valence-electron chi connectivity index (χ0n) is 35.2. The highest BCUT2D eigenvalue weighted by molar-refractivity contribution is 8.00. The van der Waals surface area contributed by atoms with Gasteiger partial charge in [-0.15, -0.1) is 0 Å². The minimum Gasteiger partial charge on any atom is -0.312 e. The number of rotatable bonds is 6. The van der Waals surface area contributed by atoms with E-state index in [1.54, 1.807) is 0 Å². The molecule has 0 spiro atoms. The Morgan fingerprint density at radius 2 is 0.800 bits per heavy atom. The maximum atomic E-state index is 5.07. The van der Waals surface area contributed by atoms with Gasteiger partial charge >= 0.3 is 0 Å². The zero-order valence-corrected chi connectivity index (χ0v) is 36.0. The van der Waals surface area contributed by atoms with Gasteiger partial charge in [-0.25, -0.2) is 15.0 Å². The van der Waals surface area contributed by atoms with Crippen molar-refractivity contribution in [2.24, 2.45) is 0 Å². The van der Waals surface area contributed by atoms with Gasteiger partial charge in [-0.05, 0) is 82.5 Å². The van der Waals surface area contributed by atoms with Gasteiger partial charge in [0.25, 0.3) is 0 Å². The summed E-state index contributed by atoms with van der Waals surface area (Å²) >= 11 is 1.89. The summed E-state index contributed by atoms with van der Waals surface area (Å²) in [5.41, 5.74) is 17.7. The van der Waals surface area contributed by atoms with E-state index >= 15 is 0 Å². The molecule has 0 saturated heterocycles. The van der Waals surface area contributed by atoms with E-state index in [9.17, 15) is 0 Å². The normalized spacial score (nSPS) is 13.0. The third-order valence-electron chi connectivity index (χ3n) is 13.0. The minimum atomic E-state index is -0.0458. The van der Waals surface area contributed by atoms with Gasteiger partial charge < -0.3 is 9.80 Å². The average molecular weight is 846 g/mol. The summed E-state index contributed by atoms with van der Waals surface area (Å²) in [5.74, 6) is 1.92. The minimum absolute atomic E-state index is 0.0458. The van der Waals surface area contributed by atoms with Crippen LogP contribution in [-0.2, 0) is 0 Å². The van der Waals surface area contributed by atoms with Crippen molar-refractivity contribution in [1.82, 2.24) is 15.0 Å². The first-order valence-electron chi connectivity index (χ1n) is 22.1. The topological polar surface area (TPSA) is 45.2 Å². The first kappa shape index (κ1) is 37.6. The fourth-order valence-corrected chi connectivity index (χ4v) is 11.4. The highest BCUT2D eigenvalue weighted by Gasteiger charge is 2.47. The molecule has 0 aliphatic carbocycles. The van der Waals surface area contributed by atoms with Crippen LogP contribution in [0.15, 0.2) is 234 Å². The Balaban J connectivity index is 1.06. The van der Waals surface area contributed by atoms with Crippen LogP contribution in [0.2, 0.25) is 0 Å². The smallest absolute Gasteiger partial charge is 0.249 e. The summed E-state index contributed by atoms with van der Waals surface area (Å²) < 4.78 is 0. The molecule has 3 aliphatic heterocycles. The molecule has 0 amide bonds. The first-order valence-corrected chi connectivity index (χ1v) is 22.9. The molecule has 65 heavy (non-hydrogen) atoms. The summed E-state index contributed by atoms with van der Waals surface area (Å²) in [7, 11) is 0. The van der Waals surface area contributed by atoms with E-state index < -0.39 is 0 Å². The Morgan fingerprint density at radius 3 is 1.42 bits per heavy atom. The van der Waals surface area contributed by atoms with Crippen LogP contribution in [0.4, 0.5) is 34.1 Å². The van der Waals surface area contributed by atoms with Gasteiger partial charge in [0.15, 0.2) is 17.5 Å². The van der Waals surface area contributed by atoms with E-state index in [0.29, 0.717) is 17.5 Å². The average Bonchev–Trinajstić information content (AvgIpc) is 3.38. The summed E-state index contributed by atoms with van der Waals surface area (Å²) in [6, 6.07) is 80.6. The fraction of sp³-hybridized carbons (Fsp3) is 0. The van der Waals surface area contributed by atoms with Crippen molar-refractivity contribution in [3.63, 3.8) is 0 Å². The number of hydrogen-bond donors (Lipinski definition) is 0. The highest BCUT2D eigenvalue weighted by atomic mass is 32.2. The maximum absolute atomic E-state index is 5.07. The number of fused-ring (bicyclic) bond motifs is 7. The molecule has 0 atom stereocenters. The van der Waals surface area contributed by atoms with Crippen molar-refractivity contribution in [1.29, 1.82) is 0 Å². The molecule has 0 unspecified atom stereocenters. The Kier molecular flexibility index (Phi) is 8.91. The quantitative estimate of drug-likeness (QED) is 0.156. The Morgan fingerprint density at radius 1 is 0.338 bits per heavy atom. The fourth-order valence-electron chi connectivity index (χ4n) is 10.2. The highest BCUT2D eigenvalue weighted by Crippen LogP contribution is 2.46. The monoisotopic (exact) mass is 845 g/mol. The van der Waals surface area contributed by atoms with Gasteiger partial charge in [0.2, 0.25) is 13.4 Å².